The van der Waals surface area contributed by atoms with Crippen molar-refractivity contribution >= 4 is 51.9 Å². The van der Waals surface area contributed by atoms with Crippen molar-refractivity contribution in [3.8, 4) is 0 Å². The van der Waals surface area contributed by atoms with Gasteiger partial charge in [-0.2, -0.15) is 0 Å². The Hall–Kier alpha value is -2.55. The third kappa shape index (κ3) is 5.27. The van der Waals surface area contributed by atoms with Crippen LogP contribution in [0.3, 0.4) is 0 Å². The lowest BCUT2D eigenvalue weighted by molar-refractivity contribution is -0.142. The second-order valence-electron chi connectivity index (χ2n) is 12.6. The van der Waals surface area contributed by atoms with Crippen LogP contribution in [0.5, 0.6) is 0 Å². The zero-order chi connectivity index (χ0) is 30.6. The number of nitrogens with zero attached hydrogens (tertiary/aromatic N) is 4. The van der Waals surface area contributed by atoms with Gasteiger partial charge >= 0.3 is 0 Å². The summed E-state index contributed by atoms with van der Waals surface area (Å²) in [6.07, 6.45) is 2.04. The normalized spacial score (nSPS) is 28.7. The Morgan fingerprint density at radius 1 is 1.05 bits per heavy atom. The number of hydrogen-bond acceptors (Lipinski definition) is 5. The molecule has 0 bridgehead atoms. The molecule has 2 saturated heterocycles. The molecule has 0 N–H and O–H groups in total. The number of alkyl halides is 1. The van der Waals surface area contributed by atoms with E-state index in [1.807, 2.05) is 55.5 Å². The van der Waals surface area contributed by atoms with E-state index in [0.29, 0.717) is 40.9 Å². The molecule has 10 heteroatoms. The second kappa shape index (κ2) is 11.8. The van der Waals surface area contributed by atoms with Gasteiger partial charge in [0.1, 0.15) is 16.5 Å². The van der Waals surface area contributed by atoms with Gasteiger partial charge in [-0.1, -0.05) is 61.3 Å². The average molecular weight is 644 g/mol. The third-order valence-corrected chi connectivity index (χ3v) is 10.9. The highest BCUT2D eigenvalue weighted by atomic mass is 35.5. The van der Waals surface area contributed by atoms with Crippen molar-refractivity contribution in [2.75, 3.05) is 19.8 Å². The van der Waals surface area contributed by atoms with Gasteiger partial charge in [0.25, 0.3) is 5.91 Å². The molecule has 0 aliphatic carbocycles. The Morgan fingerprint density at radius 3 is 2.30 bits per heavy atom. The SMILES string of the molecule is CC(C)C1=C(C(=O)N2[C@H](C)CC[C@H]2C(=O)N2CC[C@H](CF)C2)SC2=NC(C)(c3ccc(Cl)cc3)[C@@H](c3ccc(Cl)cc3)N21. The van der Waals surface area contributed by atoms with Crippen LogP contribution in [0.2, 0.25) is 10.0 Å². The van der Waals surface area contributed by atoms with Crippen LogP contribution >= 0.6 is 35.0 Å². The van der Waals surface area contributed by atoms with E-state index in [1.165, 1.54) is 11.8 Å². The maximum atomic E-state index is 14.5. The number of halogens is 3. The molecular formula is C33H37Cl2FN4O2S. The van der Waals surface area contributed by atoms with Crippen molar-refractivity contribution in [2.45, 2.75) is 70.6 Å². The lowest BCUT2D eigenvalue weighted by atomic mass is 9.81. The third-order valence-electron chi connectivity index (χ3n) is 9.37. The molecule has 6 nitrogen and oxygen atoms in total. The molecule has 4 heterocycles. The fraction of sp³-hybridized carbons (Fsp3) is 0.485. The molecule has 0 spiro atoms. The number of amides is 2. The molecule has 6 rings (SSSR count). The van der Waals surface area contributed by atoms with E-state index in [0.717, 1.165) is 28.4 Å². The molecule has 4 aliphatic rings. The lowest BCUT2D eigenvalue weighted by Gasteiger charge is -2.37. The quantitative estimate of drug-likeness (QED) is 0.329. The molecule has 4 aliphatic heterocycles. The maximum absolute atomic E-state index is 14.5. The van der Waals surface area contributed by atoms with E-state index in [2.05, 4.69) is 25.7 Å². The summed E-state index contributed by atoms with van der Waals surface area (Å²) >= 11 is 14.0. The molecule has 2 amide bonds. The Bertz CT molecular complexity index is 1480. The minimum atomic E-state index is -0.655. The molecule has 0 radical (unpaired) electrons. The molecule has 5 atom stereocenters. The van der Waals surface area contributed by atoms with Crippen LogP contribution in [0.25, 0.3) is 0 Å². The van der Waals surface area contributed by atoms with Gasteiger partial charge in [0.2, 0.25) is 5.91 Å². The zero-order valence-corrected chi connectivity index (χ0v) is 27.2. The molecule has 0 saturated carbocycles. The van der Waals surface area contributed by atoms with Crippen LogP contribution in [0, 0.1) is 11.8 Å². The maximum Gasteiger partial charge on any atom is 0.263 e. The number of aliphatic imine (C=N–C) groups is 1. The summed E-state index contributed by atoms with van der Waals surface area (Å²) in [7, 11) is 0. The van der Waals surface area contributed by atoms with Crippen molar-refractivity contribution in [3.05, 3.63) is 80.3 Å². The molecule has 1 unspecified atom stereocenters. The van der Waals surface area contributed by atoms with Gasteiger partial charge in [-0.3, -0.25) is 14.0 Å². The first-order valence-electron chi connectivity index (χ1n) is 15.0. The fourth-order valence-electron chi connectivity index (χ4n) is 7.12. The summed E-state index contributed by atoms with van der Waals surface area (Å²) in [6.45, 7) is 8.89. The van der Waals surface area contributed by atoms with Gasteiger partial charge in [-0.05, 0) is 86.2 Å². The number of rotatable bonds is 6. The number of hydrogen-bond donors (Lipinski definition) is 0. The average Bonchev–Trinajstić information content (AvgIpc) is 3.75. The monoisotopic (exact) mass is 642 g/mol. The van der Waals surface area contributed by atoms with Crippen LogP contribution in [0.15, 0.2) is 64.1 Å². The number of likely N-dealkylation sites (tertiary alicyclic amines) is 2. The summed E-state index contributed by atoms with van der Waals surface area (Å²) < 4.78 is 13.3. The first kappa shape index (κ1) is 30.5. The minimum absolute atomic E-state index is 0.0115. The number of amidine groups is 1. The molecule has 2 fully saturated rings. The van der Waals surface area contributed by atoms with Crippen LogP contribution < -0.4 is 0 Å². The number of allylic oxidation sites excluding steroid dienone is 1. The van der Waals surface area contributed by atoms with Gasteiger partial charge in [0, 0.05) is 40.8 Å². The van der Waals surface area contributed by atoms with Gasteiger partial charge in [0.05, 0.1) is 12.7 Å². The standard InChI is InChI=1S/C33H37Cl2FN4O2S/c1-19(2)27-28(31(42)39-20(3)5-14-26(39)30(41)38-16-15-21(17-36)18-38)43-32-37-33(4,23-8-12-25(35)13-9-23)29(40(27)32)22-6-10-24(34)11-7-22/h6-13,19-21,26,29H,5,14-18H2,1-4H3/t20-,21-,26+,29-,33?/m1/s1. The van der Waals surface area contributed by atoms with E-state index in [9.17, 15) is 14.0 Å². The zero-order valence-electron chi connectivity index (χ0n) is 24.9. The van der Waals surface area contributed by atoms with E-state index in [1.54, 1.807) is 9.80 Å². The predicted octanol–water partition coefficient (Wildman–Crippen LogP) is 7.43. The van der Waals surface area contributed by atoms with Crippen LogP contribution in [0.1, 0.15) is 64.1 Å². The van der Waals surface area contributed by atoms with Crippen molar-refractivity contribution in [3.63, 3.8) is 0 Å². The summed E-state index contributed by atoms with van der Waals surface area (Å²) in [6, 6.07) is 14.8. The number of carbonyl (C=O) groups is 2. The van der Waals surface area contributed by atoms with E-state index in [-0.39, 0.29) is 35.7 Å². The molecule has 2 aromatic rings. The Morgan fingerprint density at radius 2 is 1.70 bits per heavy atom. The highest BCUT2D eigenvalue weighted by molar-refractivity contribution is 8.18. The van der Waals surface area contributed by atoms with Crippen LogP contribution in [-0.4, -0.2) is 63.5 Å². The van der Waals surface area contributed by atoms with Crippen LogP contribution in [0.4, 0.5) is 4.39 Å². The molecule has 43 heavy (non-hydrogen) atoms. The van der Waals surface area contributed by atoms with E-state index in [4.69, 9.17) is 28.2 Å². The summed E-state index contributed by atoms with van der Waals surface area (Å²) in [5, 5.41) is 2.07. The second-order valence-corrected chi connectivity index (χ2v) is 14.4. The first-order chi connectivity index (χ1) is 20.5. The van der Waals surface area contributed by atoms with Crippen molar-refractivity contribution in [1.82, 2.24) is 14.7 Å². The van der Waals surface area contributed by atoms with Gasteiger partial charge in [-0.25, -0.2) is 4.99 Å². The highest BCUT2D eigenvalue weighted by Crippen LogP contribution is 2.56. The lowest BCUT2D eigenvalue weighted by Crippen LogP contribution is -2.49. The first-order valence-corrected chi connectivity index (χ1v) is 16.6. The number of carbonyl (C=O) groups excluding carboxylic acids is 2. The van der Waals surface area contributed by atoms with Gasteiger partial charge in [0.15, 0.2) is 5.17 Å². The summed E-state index contributed by atoms with van der Waals surface area (Å²) in [4.78, 5) is 39.9. The number of fused-ring (bicyclic) bond motifs is 1. The topological polar surface area (TPSA) is 56.2 Å². The Kier molecular flexibility index (Phi) is 8.33. The smallest absolute Gasteiger partial charge is 0.263 e. The van der Waals surface area contributed by atoms with Crippen molar-refractivity contribution in [1.29, 1.82) is 0 Å². The summed E-state index contributed by atoms with van der Waals surface area (Å²) in [5.41, 5.74) is 2.31. The van der Waals surface area contributed by atoms with Gasteiger partial charge < -0.3 is 14.7 Å². The Balaban J connectivity index is 1.39. The molecule has 228 valence electrons. The summed E-state index contributed by atoms with van der Waals surface area (Å²) in [5.74, 6) is -0.288. The van der Waals surface area contributed by atoms with Crippen LogP contribution in [-0.2, 0) is 15.1 Å². The molecule has 2 aromatic carbocycles. The number of thioether (sulfide) groups is 1. The highest BCUT2D eigenvalue weighted by Gasteiger charge is 2.54. The van der Waals surface area contributed by atoms with Gasteiger partial charge in [-0.15, -0.1) is 0 Å². The van der Waals surface area contributed by atoms with E-state index < -0.39 is 18.3 Å². The molecule has 0 aromatic heterocycles. The van der Waals surface area contributed by atoms with E-state index >= 15 is 0 Å². The number of benzene rings is 2. The van der Waals surface area contributed by atoms with Crippen molar-refractivity contribution in [2.24, 2.45) is 16.8 Å². The largest absolute Gasteiger partial charge is 0.341 e. The fourth-order valence-corrected chi connectivity index (χ4v) is 8.72. The predicted molar refractivity (Wildman–Crippen MR) is 172 cm³/mol. The molecular weight excluding hydrogens is 606 g/mol. The van der Waals surface area contributed by atoms with Crippen molar-refractivity contribution < 1.29 is 14.0 Å². The minimum Gasteiger partial charge on any atom is -0.341 e. The Labute approximate surface area is 267 Å².